The van der Waals surface area contributed by atoms with E-state index in [0.29, 0.717) is 29.1 Å². The zero-order valence-electron chi connectivity index (χ0n) is 17.1. The number of nitrogens with two attached hydrogens (primary N) is 1. The van der Waals surface area contributed by atoms with E-state index in [9.17, 15) is 18.0 Å². The number of hydrogen-bond acceptors (Lipinski definition) is 4. The Balaban J connectivity index is 1.67. The van der Waals surface area contributed by atoms with Crippen molar-refractivity contribution in [2.75, 3.05) is 19.8 Å². The van der Waals surface area contributed by atoms with E-state index >= 15 is 0 Å². The number of rotatable bonds is 5. The third-order valence-electron chi connectivity index (χ3n) is 5.31. The van der Waals surface area contributed by atoms with Gasteiger partial charge in [0, 0.05) is 30.8 Å². The van der Waals surface area contributed by atoms with Gasteiger partial charge in [0.05, 0.1) is 16.3 Å². The summed E-state index contributed by atoms with van der Waals surface area (Å²) < 4.78 is 46.7. The number of halogens is 4. The Bertz CT molecular complexity index is 1160. The molecule has 1 amide bonds. The van der Waals surface area contributed by atoms with Crippen LogP contribution >= 0.6 is 11.6 Å². The quantitative estimate of drug-likeness (QED) is 0.619. The van der Waals surface area contributed by atoms with Crippen molar-refractivity contribution in [3.8, 4) is 17.0 Å². The molecule has 1 aliphatic rings. The van der Waals surface area contributed by atoms with Gasteiger partial charge in [0.1, 0.15) is 42.5 Å². The molecule has 32 heavy (non-hydrogen) atoms. The maximum atomic E-state index is 13.8. The Kier molecular flexibility index (Phi) is 6.12. The maximum Gasteiger partial charge on any atom is 0.257 e. The topological polar surface area (TPSA) is 73.4 Å². The first kappa shape index (κ1) is 22.2. The van der Waals surface area contributed by atoms with Crippen LogP contribution in [0, 0.1) is 11.6 Å². The highest BCUT2D eigenvalue weighted by molar-refractivity contribution is 6.33. The number of carbonyl (C=O) groups is 1. The summed E-state index contributed by atoms with van der Waals surface area (Å²) in [6.45, 7) is -0.558. The molecule has 0 spiro atoms. The van der Waals surface area contributed by atoms with E-state index in [1.165, 1.54) is 33.8 Å². The number of aromatic nitrogens is 2. The van der Waals surface area contributed by atoms with Crippen LogP contribution in [-0.4, -0.2) is 40.4 Å². The molecule has 1 atom stereocenters. The molecule has 6 nitrogen and oxygen atoms in total. The summed E-state index contributed by atoms with van der Waals surface area (Å²) in [6, 6.07) is 7.75. The van der Waals surface area contributed by atoms with Crippen LogP contribution in [0.2, 0.25) is 5.02 Å². The van der Waals surface area contributed by atoms with Gasteiger partial charge in [0.25, 0.3) is 5.91 Å². The van der Waals surface area contributed by atoms with Crippen molar-refractivity contribution in [2.24, 2.45) is 12.8 Å². The fourth-order valence-electron chi connectivity index (χ4n) is 3.94. The lowest BCUT2D eigenvalue weighted by atomic mass is 9.97. The highest BCUT2D eigenvalue weighted by Crippen LogP contribution is 2.35. The molecular formula is C22H20ClF3N4O2. The highest BCUT2D eigenvalue weighted by Gasteiger charge is 2.34. The van der Waals surface area contributed by atoms with Crippen molar-refractivity contribution < 1.29 is 22.7 Å². The Morgan fingerprint density at radius 1 is 1.25 bits per heavy atom. The highest BCUT2D eigenvalue weighted by atomic mass is 35.5. The van der Waals surface area contributed by atoms with Crippen LogP contribution in [0.15, 0.2) is 36.4 Å². The predicted molar refractivity (Wildman–Crippen MR) is 113 cm³/mol. The Hall–Kier alpha value is -3.04. The lowest BCUT2D eigenvalue weighted by Crippen LogP contribution is -2.44. The SMILES string of the molecule is Cn1nc2c(c1-c1cc(F)cc(F)c1)CCN(C(=O)c1cc(OCCF)ccc1Cl)[C@H]2N. The summed E-state index contributed by atoms with van der Waals surface area (Å²) in [5.41, 5.74) is 8.59. The number of nitrogens with zero attached hydrogens (tertiary/aromatic N) is 3. The molecule has 10 heteroatoms. The van der Waals surface area contributed by atoms with Crippen LogP contribution < -0.4 is 10.5 Å². The molecular weight excluding hydrogens is 445 g/mol. The average Bonchev–Trinajstić information content (AvgIpc) is 3.09. The summed E-state index contributed by atoms with van der Waals surface area (Å²) in [5, 5.41) is 4.63. The van der Waals surface area contributed by atoms with Crippen molar-refractivity contribution in [1.82, 2.24) is 14.7 Å². The molecule has 3 aromatic rings. The number of hydrogen-bond donors (Lipinski definition) is 1. The standard InChI is InChI=1S/C22H20ClF3N4O2/c1-29-20(12-8-13(25)10-14(26)9-12)16-4-6-30(21(27)19(16)28-29)22(31)17-11-15(32-7-5-24)2-3-18(17)23/h2-3,8-11,21H,4-7,27H2,1H3/t21-/m1/s1. The average molecular weight is 465 g/mol. The lowest BCUT2D eigenvalue weighted by Gasteiger charge is -2.33. The van der Waals surface area contributed by atoms with Crippen molar-refractivity contribution in [1.29, 1.82) is 0 Å². The summed E-state index contributed by atoms with van der Waals surface area (Å²) in [7, 11) is 1.65. The van der Waals surface area contributed by atoms with E-state index in [0.717, 1.165) is 11.6 Å². The number of aryl methyl sites for hydroxylation is 1. The molecule has 2 N–H and O–H groups in total. The number of alkyl halides is 1. The second-order valence-corrected chi connectivity index (χ2v) is 7.77. The van der Waals surface area contributed by atoms with Gasteiger partial charge in [-0.15, -0.1) is 0 Å². The van der Waals surface area contributed by atoms with Crippen molar-refractivity contribution >= 4 is 17.5 Å². The molecule has 0 unspecified atom stereocenters. The smallest absolute Gasteiger partial charge is 0.257 e. The summed E-state index contributed by atoms with van der Waals surface area (Å²) in [4.78, 5) is 14.6. The van der Waals surface area contributed by atoms with E-state index in [2.05, 4.69) is 5.10 Å². The minimum atomic E-state index is -0.893. The number of amides is 1. The second kappa shape index (κ2) is 8.84. The number of carbonyl (C=O) groups excluding carboxylic acids is 1. The minimum Gasteiger partial charge on any atom is -0.491 e. The van der Waals surface area contributed by atoms with Gasteiger partial charge in [-0.05, 0) is 36.8 Å². The summed E-state index contributed by atoms with van der Waals surface area (Å²) in [6.07, 6.45) is -0.512. The molecule has 0 fully saturated rings. The van der Waals surface area contributed by atoms with E-state index in [1.54, 1.807) is 13.1 Å². The molecule has 168 valence electrons. The fourth-order valence-corrected chi connectivity index (χ4v) is 4.14. The van der Waals surface area contributed by atoms with Crippen molar-refractivity contribution in [2.45, 2.75) is 12.6 Å². The maximum absolute atomic E-state index is 13.8. The third-order valence-corrected chi connectivity index (χ3v) is 5.64. The van der Waals surface area contributed by atoms with Crippen LogP contribution in [0.3, 0.4) is 0 Å². The molecule has 0 saturated heterocycles. The van der Waals surface area contributed by atoms with Crippen molar-refractivity contribution in [3.05, 3.63) is 69.9 Å². The van der Waals surface area contributed by atoms with Gasteiger partial charge in [0.15, 0.2) is 0 Å². The van der Waals surface area contributed by atoms with Gasteiger partial charge in [0.2, 0.25) is 0 Å². The fraction of sp³-hybridized carbons (Fsp3) is 0.273. The Morgan fingerprint density at radius 3 is 2.66 bits per heavy atom. The van der Waals surface area contributed by atoms with E-state index in [-0.39, 0.29) is 23.7 Å². The molecule has 0 radical (unpaired) electrons. The van der Waals surface area contributed by atoms with Crippen LogP contribution in [0.5, 0.6) is 5.75 Å². The van der Waals surface area contributed by atoms with E-state index < -0.39 is 30.4 Å². The lowest BCUT2D eigenvalue weighted by molar-refractivity contribution is 0.0661. The Labute approximate surface area is 187 Å². The van der Waals surface area contributed by atoms with Crippen LogP contribution in [0.1, 0.15) is 27.8 Å². The first-order chi connectivity index (χ1) is 15.3. The monoisotopic (exact) mass is 464 g/mol. The summed E-state index contributed by atoms with van der Waals surface area (Å²) in [5.74, 6) is -1.51. The molecule has 1 aliphatic heterocycles. The van der Waals surface area contributed by atoms with Gasteiger partial charge >= 0.3 is 0 Å². The zero-order chi connectivity index (χ0) is 23.0. The van der Waals surface area contributed by atoms with Gasteiger partial charge in [-0.3, -0.25) is 9.48 Å². The molecule has 0 saturated carbocycles. The summed E-state index contributed by atoms with van der Waals surface area (Å²) >= 11 is 6.22. The second-order valence-electron chi connectivity index (χ2n) is 7.37. The first-order valence-corrected chi connectivity index (χ1v) is 10.2. The van der Waals surface area contributed by atoms with Crippen LogP contribution in [0.4, 0.5) is 13.2 Å². The van der Waals surface area contributed by atoms with Crippen LogP contribution in [0.25, 0.3) is 11.3 Å². The van der Waals surface area contributed by atoms with Gasteiger partial charge < -0.3 is 15.4 Å². The van der Waals surface area contributed by atoms with Crippen LogP contribution in [-0.2, 0) is 13.5 Å². The van der Waals surface area contributed by atoms with E-state index in [4.69, 9.17) is 22.1 Å². The molecule has 1 aromatic heterocycles. The number of benzene rings is 2. The number of ether oxygens (including phenoxy) is 1. The van der Waals surface area contributed by atoms with E-state index in [1.807, 2.05) is 0 Å². The number of fused-ring (bicyclic) bond motifs is 1. The molecule has 2 heterocycles. The first-order valence-electron chi connectivity index (χ1n) is 9.87. The third kappa shape index (κ3) is 4.05. The zero-order valence-corrected chi connectivity index (χ0v) is 17.9. The van der Waals surface area contributed by atoms with Gasteiger partial charge in [-0.2, -0.15) is 5.10 Å². The largest absolute Gasteiger partial charge is 0.491 e. The predicted octanol–water partition coefficient (Wildman–Crippen LogP) is 4.02. The molecule has 4 rings (SSSR count). The molecule has 0 bridgehead atoms. The normalized spacial score (nSPS) is 15.6. The minimum absolute atomic E-state index is 0.140. The molecule has 2 aromatic carbocycles. The van der Waals surface area contributed by atoms with Crippen molar-refractivity contribution in [3.63, 3.8) is 0 Å². The van der Waals surface area contributed by atoms with Gasteiger partial charge in [-0.1, -0.05) is 11.6 Å². The van der Waals surface area contributed by atoms with Gasteiger partial charge in [-0.25, -0.2) is 13.2 Å². The Morgan fingerprint density at radius 2 is 1.97 bits per heavy atom. The molecule has 0 aliphatic carbocycles.